The Morgan fingerprint density at radius 2 is 2.04 bits per heavy atom. The average Bonchev–Trinajstić information content (AvgIpc) is 2.98. The van der Waals surface area contributed by atoms with Gasteiger partial charge in [-0.25, -0.2) is 4.98 Å². The van der Waals surface area contributed by atoms with Gasteiger partial charge in [-0.05, 0) is 49.1 Å². The molecule has 28 heavy (non-hydrogen) atoms. The van der Waals surface area contributed by atoms with Crippen molar-refractivity contribution in [3.63, 3.8) is 0 Å². The SMILES string of the molecule is Cc1c(Cn2c(C)nc3cnc(C4=CCOCC4)cc32)cccc1C(F)(F)F. The lowest BCUT2D eigenvalue weighted by molar-refractivity contribution is -0.138. The Labute approximate surface area is 160 Å². The standard InChI is InChI=1S/C21H20F3N3O/c1-13-16(4-3-5-17(13)21(22,23)24)12-27-14(2)26-19-11-25-18(10-20(19)27)15-6-8-28-9-7-15/h3-6,10-11H,7-9,12H2,1-2H3. The molecule has 0 bridgehead atoms. The Balaban J connectivity index is 1.77. The number of benzene rings is 1. The third-order valence-electron chi connectivity index (χ3n) is 5.20. The first-order valence-electron chi connectivity index (χ1n) is 9.10. The van der Waals surface area contributed by atoms with Crippen molar-refractivity contribution < 1.29 is 17.9 Å². The number of pyridine rings is 1. The van der Waals surface area contributed by atoms with Crippen LogP contribution in [0.25, 0.3) is 16.6 Å². The molecule has 4 rings (SSSR count). The predicted molar refractivity (Wildman–Crippen MR) is 101 cm³/mol. The van der Waals surface area contributed by atoms with Gasteiger partial charge < -0.3 is 9.30 Å². The Hall–Kier alpha value is -2.67. The second kappa shape index (κ2) is 7.05. The number of aromatic nitrogens is 3. The van der Waals surface area contributed by atoms with Gasteiger partial charge in [0.05, 0.1) is 36.2 Å². The van der Waals surface area contributed by atoms with Gasteiger partial charge in [0.1, 0.15) is 11.3 Å². The Kier molecular flexibility index (Phi) is 4.71. The second-order valence-electron chi connectivity index (χ2n) is 6.95. The van der Waals surface area contributed by atoms with Gasteiger partial charge in [-0.3, -0.25) is 4.98 Å². The van der Waals surface area contributed by atoms with Crippen LogP contribution in [-0.2, 0) is 17.5 Å². The lowest BCUT2D eigenvalue weighted by Gasteiger charge is -2.16. The van der Waals surface area contributed by atoms with Crippen molar-refractivity contribution in [2.45, 2.75) is 33.0 Å². The van der Waals surface area contributed by atoms with E-state index in [0.29, 0.717) is 25.3 Å². The lowest BCUT2D eigenvalue weighted by atomic mass is 10.0. The van der Waals surface area contributed by atoms with Gasteiger partial charge >= 0.3 is 6.18 Å². The van der Waals surface area contributed by atoms with Crippen LogP contribution in [0.1, 0.15) is 34.6 Å². The van der Waals surface area contributed by atoms with E-state index < -0.39 is 11.7 Å². The number of nitrogens with zero attached hydrogens (tertiary/aromatic N) is 3. The number of aryl methyl sites for hydroxylation is 1. The number of hydrogen-bond donors (Lipinski definition) is 0. The van der Waals surface area contributed by atoms with Crippen LogP contribution in [0, 0.1) is 13.8 Å². The number of ether oxygens (including phenoxy) is 1. The van der Waals surface area contributed by atoms with E-state index in [9.17, 15) is 13.2 Å². The highest BCUT2D eigenvalue weighted by atomic mass is 19.4. The van der Waals surface area contributed by atoms with Crippen LogP contribution in [0.3, 0.4) is 0 Å². The molecule has 0 spiro atoms. The van der Waals surface area contributed by atoms with E-state index in [1.54, 1.807) is 12.3 Å². The van der Waals surface area contributed by atoms with Crippen LogP contribution in [0.4, 0.5) is 13.2 Å². The van der Waals surface area contributed by atoms with E-state index in [1.165, 1.54) is 13.0 Å². The zero-order valence-electron chi connectivity index (χ0n) is 15.7. The minimum atomic E-state index is -4.36. The molecule has 0 fully saturated rings. The van der Waals surface area contributed by atoms with Crippen LogP contribution in [0.2, 0.25) is 0 Å². The molecular weight excluding hydrogens is 367 g/mol. The lowest BCUT2D eigenvalue weighted by Crippen LogP contribution is -2.11. The topological polar surface area (TPSA) is 39.9 Å². The second-order valence-corrected chi connectivity index (χ2v) is 6.95. The molecule has 1 aromatic carbocycles. The maximum atomic E-state index is 13.3. The van der Waals surface area contributed by atoms with Gasteiger partial charge in [-0.2, -0.15) is 13.2 Å². The highest BCUT2D eigenvalue weighted by Crippen LogP contribution is 2.33. The summed E-state index contributed by atoms with van der Waals surface area (Å²) in [5, 5.41) is 0. The molecule has 2 aromatic heterocycles. The summed E-state index contributed by atoms with van der Waals surface area (Å²) in [4.78, 5) is 9.04. The van der Waals surface area contributed by atoms with Crippen molar-refractivity contribution in [2.24, 2.45) is 0 Å². The summed E-state index contributed by atoms with van der Waals surface area (Å²) in [6.07, 6.45) is 0.169. The fraction of sp³-hybridized carbons (Fsp3) is 0.333. The first-order valence-corrected chi connectivity index (χ1v) is 9.10. The van der Waals surface area contributed by atoms with E-state index in [4.69, 9.17) is 4.74 Å². The molecule has 0 saturated heterocycles. The largest absolute Gasteiger partial charge is 0.416 e. The van der Waals surface area contributed by atoms with Crippen molar-refractivity contribution in [1.29, 1.82) is 0 Å². The van der Waals surface area contributed by atoms with Gasteiger partial charge in [0.25, 0.3) is 0 Å². The highest BCUT2D eigenvalue weighted by molar-refractivity contribution is 5.79. The third-order valence-corrected chi connectivity index (χ3v) is 5.20. The van der Waals surface area contributed by atoms with Gasteiger partial charge in [-0.15, -0.1) is 0 Å². The van der Waals surface area contributed by atoms with Crippen molar-refractivity contribution in [3.8, 4) is 0 Å². The molecule has 0 unspecified atom stereocenters. The predicted octanol–water partition coefficient (Wildman–Crippen LogP) is 4.92. The molecule has 146 valence electrons. The van der Waals surface area contributed by atoms with Gasteiger partial charge in [0.2, 0.25) is 0 Å². The fourth-order valence-corrected chi connectivity index (χ4v) is 3.62. The maximum absolute atomic E-state index is 13.3. The Morgan fingerprint density at radius 3 is 2.75 bits per heavy atom. The van der Waals surface area contributed by atoms with Crippen molar-refractivity contribution in [2.75, 3.05) is 13.2 Å². The first-order chi connectivity index (χ1) is 13.3. The van der Waals surface area contributed by atoms with Crippen LogP contribution in [0.5, 0.6) is 0 Å². The van der Waals surface area contributed by atoms with Gasteiger partial charge in [0.15, 0.2) is 0 Å². The monoisotopic (exact) mass is 387 g/mol. The molecule has 1 aliphatic rings. The van der Waals surface area contributed by atoms with E-state index in [1.807, 2.05) is 23.6 Å². The molecule has 0 saturated carbocycles. The molecule has 0 amide bonds. The smallest absolute Gasteiger partial charge is 0.377 e. The average molecular weight is 387 g/mol. The molecule has 0 atom stereocenters. The number of hydrogen-bond acceptors (Lipinski definition) is 3. The molecule has 4 nitrogen and oxygen atoms in total. The normalized spacial score (nSPS) is 15.1. The summed E-state index contributed by atoms with van der Waals surface area (Å²) in [5.74, 6) is 0.742. The molecule has 0 radical (unpaired) electrons. The first kappa shape index (κ1) is 18.7. The van der Waals surface area contributed by atoms with Crippen LogP contribution < -0.4 is 0 Å². The van der Waals surface area contributed by atoms with Crippen LogP contribution in [0.15, 0.2) is 36.5 Å². The van der Waals surface area contributed by atoms with Crippen molar-refractivity contribution >= 4 is 16.6 Å². The number of halogens is 3. The van der Waals surface area contributed by atoms with E-state index in [-0.39, 0.29) is 5.56 Å². The zero-order valence-corrected chi connectivity index (χ0v) is 15.7. The fourth-order valence-electron chi connectivity index (χ4n) is 3.62. The van der Waals surface area contributed by atoms with E-state index in [0.717, 1.165) is 40.6 Å². The van der Waals surface area contributed by atoms with Gasteiger partial charge in [-0.1, -0.05) is 18.2 Å². The number of alkyl halides is 3. The summed E-state index contributed by atoms with van der Waals surface area (Å²) >= 11 is 0. The quantitative estimate of drug-likeness (QED) is 0.641. The number of imidazole rings is 1. The summed E-state index contributed by atoms with van der Waals surface area (Å²) in [5.41, 5.74) is 3.86. The molecular formula is C21H20F3N3O. The van der Waals surface area contributed by atoms with Crippen LogP contribution in [-0.4, -0.2) is 27.7 Å². The zero-order chi connectivity index (χ0) is 19.9. The van der Waals surface area contributed by atoms with Crippen molar-refractivity contribution in [1.82, 2.24) is 14.5 Å². The molecule has 0 aliphatic carbocycles. The minimum Gasteiger partial charge on any atom is -0.377 e. The Bertz CT molecular complexity index is 1070. The molecule has 1 aliphatic heterocycles. The van der Waals surface area contributed by atoms with Crippen LogP contribution >= 0.6 is 0 Å². The van der Waals surface area contributed by atoms with Crippen molar-refractivity contribution in [3.05, 3.63) is 64.7 Å². The summed E-state index contributed by atoms with van der Waals surface area (Å²) in [6, 6.07) is 6.28. The third kappa shape index (κ3) is 3.42. The molecule has 3 heterocycles. The van der Waals surface area contributed by atoms with E-state index >= 15 is 0 Å². The molecule has 0 N–H and O–H groups in total. The number of rotatable bonds is 3. The summed E-state index contributed by atoms with van der Waals surface area (Å²) in [7, 11) is 0. The summed E-state index contributed by atoms with van der Waals surface area (Å²) in [6.45, 7) is 4.93. The minimum absolute atomic E-state index is 0.248. The molecule has 7 heteroatoms. The van der Waals surface area contributed by atoms with Gasteiger partial charge in [0, 0.05) is 6.54 Å². The van der Waals surface area contributed by atoms with E-state index in [2.05, 4.69) is 9.97 Å². The Morgan fingerprint density at radius 1 is 1.21 bits per heavy atom. The molecule has 3 aromatic rings. The summed E-state index contributed by atoms with van der Waals surface area (Å²) < 4.78 is 47.1. The maximum Gasteiger partial charge on any atom is 0.416 e. The highest BCUT2D eigenvalue weighted by Gasteiger charge is 2.32. The number of fused-ring (bicyclic) bond motifs is 1.